The third-order valence-electron chi connectivity index (χ3n) is 4.14. The van der Waals surface area contributed by atoms with Crippen LogP contribution in [0.25, 0.3) is 11.4 Å². The van der Waals surface area contributed by atoms with Crippen LogP contribution in [0.1, 0.15) is 17.0 Å². The van der Waals surface area contributed by atoms with Crippen LogP contribution in [0.5, 0.6) is 0 Å². The summed E-state index contributed by atoms with van der Waals surface area (Å²) in [6.07, 6.45) is 0.182. The number of aryl methyl sites for hydroxylation is 1. The molecule has 0 saturated heterocycles. The molecule has 0 fully saturated rings. The van der Waals surface area contributed by atoms with Crippen LogP contribution in [0.2, 0.25) is 0 Å². The molecule has 0 aliphatic carbocycles. The second-order valence-corrected chi connectivity index (χ2v) is 6.23. The molecule has 2 aromatic carbocycles. The van der Waals surface area contributed by atoms with Gasteiger partial charge in [0.15, 0.2) is 0 Å². The monoisotopic (exact) mass is 380 g/mol. The van der Waals surface area contributed by atoms with Crippen molar-refractivity contribution in [1.82, 2.24) is 20.8 Å². The molecule has 0 aliphatic rings. The fourth-order valence-corrected chi connectivity index (χ4v) is 2.67. The van der Waals surface area contributed by atoms with Crippen LogP contribution >= 0.6 is 0 Å². The van der Waals surface area contributed by atoms with Crippen molar-refractivity contribution in [3.63, 3.8) is 0 Å². The first kappa shape index (κ1) is 19.1. The summed E-state index contributed by atoms with van der Waals surface area (Å²) in [5, 5.41) is 18.2. The van der Waals surface area contributed by atoms with E-state index in [1.807, 2.05) is 49.4 Å². The average Bonchev–Trinajstić information content (AvgIpc) is 3.16. The van der Waals surface area contributed by atoms with Crippen molar-refractivity contribution in [3.05, 3.63) is 71.6 Å². The molecular formula is C20H20N4O4. The van der Waals surface area contributed by atoms with Crippen LogP contribution in [0.15, 0.2) is 59.1 Å². The van der Waals surface area contributed by atoms with E-state index in [-0.39, 0.29) is 18.9 Å². The number of nitrogens with zero attached hydrogens (tertiary/aromatic N) is 2. The summed E-state index contributed by atoms with van der Waals surface area (Å²) in [6.45, 7) is 1.93. The molecule has 2 amide bonds. The van der Waals surface area contributed by atoms with Crippen molar-refractivity contribution < 1.29 is 19.2 Å². The van der Waals surface area contributed by atoms with E-state index in [9.17, 15) is 14.7 Å². The smallest absolute Gasteiger partial charge is 0.326 e. The maximum Gasteiger partial charge on any atom is 0.326 e. The van der Waals surface area contributed by atoms with E-state index in [2.05, 4.69) is 20.8 Å². The van der Waals surface area contributed by atoms with Gasteiger partial charge in [0, 0.05) is 12.0 Å². The van der Waals surface area contributed by atoms with E-state index in [4.69, 9.17) is 4.52 Å². The zero-order valence-corrected chi connectivity index (χ0v) is 15.3. The van der Waals surface area contributed by atoms with Gasteiger partial charge in [-0.1, -0.05) is 59.8 Å². The molecule has 0 saturated carbocycles. The van der Waals surface area contributed by atoms with Gasteiger partial charge in [0.1, 0.15) is 6.04 Å². The Labute approximate surface area is 161 Å². The molecule has 8 nitrogen and oxygen atoms in total. The first-order valence-electron chi connectivity index (χ1n) is 8.72. The summed E-state index contributed by atoms with van der Waals surface area (Å²) in [5.41, 5.74) is 2.66. The molecule has 144 valence electrons. The lowest BCUT2D eigenvalue weighted by molar-refractivity contribution is -0.139. The van der Waals surface area contributed by atoms with Crippen molar-refractivity contribution in [1.29, 1.82) is 0 Å². The molecule has 28 heavy (non-hydrogen) atoms. The van der Waals surface area contributed by atoms with Gasteiger partial charge in [-0.3, -0.25) is 0 Å². The van der Waals surface area contributed by atoms with Gasteiger partial charge in [-0.25, -0.2) is 9.59 Å². The van der Waals surface area contributed by atoms with Crippen LogP contribution < -0.4 is 10.6 Å². The zero-order valence-electron chi connectivity index (χ0n) is 15.3. The molecule has 1 heterocycles. The van der Waals surface area contributed by atoms with Gasteiger partial charge in [0.05, 0.1) is 6.54 Å². The third-order valence-corrected chi connectivity index (χ3v) is 4.14. The largest absolute Gasteiger partial charge is 0.480 e. The van der Waals surface area contributed by atoms with Crippen molar-refractivity contribution in [3.8, 4) is 11.4 Å². The number of carbonyl (C=O) groups is 2. The maximum atomic E-state index is 12.1. The van der Waals surface area contributed by atoms with E-state index in [1.165, 1.54) is 0 Å². The lowest BCUT2D eigenvalue weighted by Crippen LogP contribution is -2.46. The number of nitrogens with one attached hydrogen (secondary N) is 2. The summed E-state index contributed by atoms with van der Waals surface area (Å²) in [4.78, 5) is 27.8. The van der Waals surface area contributed by atoms with Crippen LogP contribution in [0.3, 0.4) is 0 Å². The Kier molecular flexibility index (Phi) is 6.01. The SMILES string of the molecule is Cc1ccccc1-c1noc(CNC(=O)NC(Cc2ccccc2)C(=O)O)n1. The van der Waals surface area contributed by atoms with Crippen LogP contribution in [0.4, 0.5) is 4.79 Å². The molecule has 1 unspecified atom stereocenters. The number of urea groups is 1. The molecule has 3 aromatic rings. The highest BCUT2D eigenvalue weighted by Gasteiger charge is 2.20. The topological polar surface area (TPSA) is 117 Å². The lowest BCUT2D eigenvalue weighted by atomic mass is 10.1. The molecular weight excluding hydrogens is 360 g/mol. The maximum absolute atomic E-state index is 12.1. The summed E-state index contributed by atoms with van der Waals surface area (Å²) in [7, 11) is 0. The second kappa shape index (κ2) is 8.81. The molecule has 1 atom stereocenters. The Balaban J connectivity index is 1.56. The van der Waals surface area contributed by atoms with E-state index in [0.29, 0.717) is 5.82 Å². The number of benzene rings is 2. The lowest BCUT2D eigenvalue weighted by Gasteiger charge is -2.14. The molecule has 8 heteroatoms. The average molecular weight is 380 g/mol. The normalized spacial score (nSPS) is 11.6. The fourth-order valence-electron chi connectivity index (χ4n) is 2.67. The Morgan fingerprint density at radius 1 is 1.11 bits per heavy atom. The number of rotatable bonds is 7. The first-order chi connectivity index (χ1) is 13.5. The number of aromatic nitrogens is 2. The number of carboxylic acid groups (broad SMARTS) is 1. The van der Waals surface area contributed by atoms with Crippen molar-refractivity contribution >= 4 is 12.0 Å². The van der Waals surface area contributed by atoms with Crippen LogP contribution in [-0.4, -0.2) is 33.3 Å². The highest BCUT2D eigenvalue weighted by atomic mass is 16.5. The number of amides is 2. The van der Waals surface area contributed by atoms with Gasteiger partial charge >= 0.3 is 12.0 Å². The number of carboxylic acids is 1. The molecule has 1 aromatic heterocycles. The van der Waals surface area contributed by atoms with Gasteiger partial charge in [-0.15, -0.1) is 0 Å². The Morgan fingerprint density at radius 3 is 2.54 bits per heavy atom. The number of hydrogen-bond donors (Lipinski definition) is 3. The van der Waals surface area contributed by atoms with Crippen molar-refractivity contribution in [2.24, 2.45) is 0 Å². The third kappa shape index (κ3) is 4.94. The molecule has 3 rings (SSSR count). The number of aliphatic carboxylic acids is 1. The molecule has 0 bridgehead atoms. The summed E-state index contributed by atoms with van der Waals surface area (Å²) in [5.74, 6) is -0.454. The second-order valence-electron chi connectivity index (χ2n) is 6.23. The summed E-state index contributed by atoms with van der Waals surface area (Å²) >= 11 is 0. The fraction of sp³-hybridized carbons (Fsp3) is 0.200. The Bertz CT molecular complexity index is 956. The highest BCUT2D eigenvalue weighted by Crippen LogP contribution is 2.19. The van der Waals surface area contributed by atoms with Crippen LogP contribution in [-0.2, 0) is 17.8 Å². The highest BCUT2D eigenvalue weighted by molar-refractivity contribution is 5.82. The minimum Gasteiger partial charge on any atom is -0.480 e. The van der Waals surface area contributed by atoms with Crippen molar-refractivity contribution in [2.75, 3.05) is 0 Å². The quantitative estimate of drug-likeness (QED) is 0.580. The van der Waals surface area contributed by atoms with Crippen molar-refractivity contribution in [2.45, 2.75) is 25.9 Å². The molecule has 0 aliphatic heterocycles. The predicted molar refractivity (Wildman–Crippen MR) is 101 cm³/mol. The number of carbonyl (C=O) groups excluding carboxylic acids is 1. The van der Waals surface area contributed by atoms with E-state index < -0.39 is 18.0 Å². The molecule has 0 radical (unpaired) electrons. The van der Waals surface area contributed by atoms with Gasteiger partial charge in [0.25, 0.3) is 0 Å². The summed E-state index contributed by atoms with van der Waals surface area (Å²) < 4.78 is 5.15. The van der Waals surface area contributed by atoms with E-state index in [1.54, 1.807) is 12.1 Å². The van der Waals surface area contributed by atoms with E-state index in [0.717, 1.165) is 16.7 Å². The minimum atomic E-state index is -1.11. The standard InChI is InChI=1S/C20H20N4O4/c1-13-7-5-6-10-15(13)18-23-17(28-24-18)12-21-20(27)22-16(19(25)26)11-14-8-3-2-4-9-14/h2-10,16H,11-12H2,1H3,(H,25,26)(H2,21,22,27). The van der Waals surface area contributed by atoms with Crippen LogP contribution in [0, 0.1) is 6.92 Å². The molecule has 3 N–H and O–H groups in total. The van der Waals surface area contributed by atoms with Gasteiger partial charge in [-0.05, 0) is 18.1 Å². The molecule has 0 spiro atoms. The minimum absolute atomic E-state index is 0.0115. The van der Waals surface area contributed by atoms with E-state index >= 15 is 0 Å². The zero-order chi connectivity index (χ0) is 19.9. The summed E-state index contributed by atoms with van der Waals surface area (Å²) in [6, 6.07) is 15.0. The Hall–Kier alpha value is -3.68. The Morgan fingerprint density at radius 2 is 1.82 bits per heavy atom. The van der Waals surface area contributed by atoms with Gasteiger partial charge < -0.3 is 20.3 Å². The van der Waals surface area contributed by atoms with Gasteiger partial charge in [-0.2, -0.15) is 4.98 Å². The number of hydrogen-bond acceptors (Lipinski definition) is 5. The predicted octanol–water partition coefficient (Wildman–Crippen LogP) is 2.54. The van der Waals surface area contributed by atoms with Gasteiger partial charge in [0.2, 0.25) is 11.7 Å². The first-order valence-corrected chi connectivity index (χ1v) is 8.72.